The van der Waals surface area contributed by atoms with E-state index >= 15 is 0 Å². The van der Waals surface area contributed by atoms with E-state index in [0.29, 0.717) is 17.3 Å². The molecule has 1 saturated heterocycles. The van der Waals surface area contributed by atoms with Gasteiger partial charge in [-0.3, -0.25) is 4.90 Å². The van der Waals surface area contributed by atoms with Gasteiger partial charge in [0.15, 0.2) is 0 Å². The average Bonchev–Trinajstić information content (AvgIpc) is 2.40. The molecule has 2 N–H and O–H groups in total. The molecule has 4 nitrogen and oxygen atoms in total. The van der Waals surface area contributed by atoms with Crippen molar-refractivity contribution in [2.45, 2.75) is 6.10 Å². The van der Waals surface area contributed by atoms with Gasteiger partial charge in [0.2, 0.25) is 0 Å². The minimum Gasteiger partial charge on any atom is -0.496 e. The minimum atomic E-state index is -0.572. The maximum absolute atomic E-state index is 10.3. The molecule has 0 radical (unpaired) electrons. The number of aliphatic hydroxyl groups excluding tert-OH is 1. The molecular weight excluding hydrogens is 252 g/mol. The van der Waals surface area contributed by atoms with Gasteiger partial charge in [0.1, 0.15) is 5.75 Å². The fourth-order valence-corrected chi connectivity index (χ4v) is 2.38. The third-order valence-electron chi connectivity index (χ3n) is 3.19. The maximum Gasteiger partial charge on any atom is 0.124 e. The van der Waals surface area contributed by atoms with Crippen molar-refractivity contribution < 1.29 is 9.84 Å². The highest BCUT2D eigenvalue weighted by molar-refractivity contribution is 6.30. The number of methoxy groups -OCH3 is 1. The third-order valence-corrected chi connectivity index (χ3v) is 3.43. The molecule has 1 aromatic carbocycles. The van der Waals surface area contributed by atoms with Crippen LogP contribution in [0.1, 0.15) is 11.7 Å². The molecule has 5 heteroatoms. The van der Waals surface area contributed by atoms with Crippen molar-refractivity contribution in [3.8, 4) is 5.75 Å². The van der Waals surface area contributed by atoms with Gasteiger partial charge in [-0.25, -0.2) is 0 Å². The Morgan fingerprint density at radius 1 is 1.44 bits per heavy atom. The number of rotatable bonds is 4. The standard InChI is InChI=1S/C13H19ClN2O2/c1-18-13-3-2-10(14)8-11(13)12(17)9-16-6-4-15-5-7-16/h2-3,8,12,15,17H,4-7,9H2,1H3. The Bertz CT molecular complexity index is 395. The first-order valence-electron chi connectivity index (χ1n) is 6.15. The number of benzene rings is 1. The smallest absolute Gasteiger partial charge is 0.124 e. The molecular formula is C13H19ClN2O2. The van der Waals surface area contributed by atoms with E-state index < -0.39 is 6.10 Å². The molecule has 0 bridgehead atoms. The van der Waals surface area contributed by atoms with Crippen LogP contribution in [0, 0.1) is 0 Å². The number of ether oxygens (including phenoxy) is 1. The molecule has 2 rings (SSSR count). The molecule has 1 fully saturated rings. The zero-order chi connectivity index (χ0) is 13.0. The largest absolute Gasteiger partial charge is 0.496 e. The van der Waals surface area contributed by atoms with E-state index in [0.717, 1.165) is 31.7 Å². The number of nitrogens with zero attached hydrogens (tertiary/aromatic N) is 1. The molecule has 1 heterocycles. The molecule has 0 amide bonds. The summed E-state index contributed by atoms with van der Waals surface area (Å²) in [5.41, 5.74) is 0.753. The first kappa shape index (κ1) is 13.6. The van der Waals surface area contributed by atoms with Crippen molar-refractivity contribution in [2.24, 2.45) is 0 Å². The summed E-state index contributed by atoms with van der Waals surface area (Å²) in [6.45, 7) is 4.47. The van der Waals surface area contributed by atoms with Gasteiger partial charge in [-0.2, -0.15) is 0 Å². The monoisotopic (exact) mass is 270 g/mol. The quantitative estimate of drug-likeness (QED) is 0.865. The van der Waals surface area contributed by atoms with Crippen LogP contribution >= 0.6 is 11.6 Å². The van der Waals surface area contributed by atoms with E-state index in [-0.39, 0.29) is 0 Å². The summed E-state index contributed by atoms with van der Waals surface area (Å²) in [5.74, 6) is 0.682. The molecule has 1 aromatic rings. The minimum absolute atomic E-state index is 0.572. The lowest BCUT2D eigenvalue weighted by molar-refractivity contribution is 0.103. The second-order valence-corrected chi connectivity index (χ2v) is 4.89. The molecule has 1 atom stereocenters. The normalized spacial score (nSPS) is 18.6. The van der Waals surface area contributed by atoms with E-state index in [1.165, 1.54) is 0 Å². The molecule has 1 aliphatic rings. The van der Waals surface area contributed by atoms with E-state index in [4.69, 9.17) is 16.3 Å². The predicted octanol–water partition coefficient (Wildman–Crippen LogP) is 1.29. The van der Waals surface area contributed by atoms with Crippen LogP contribution in [-0.2, 0) is 0 Å². The molecule has 0 aromatic heterocycles. The van der Waals surface area contributed by atoms with Crippen molar-refractivity contribution in [2.75, 3.05) is 39.8 Å². The number of piperazine rings is 1. The van der Waals surface area contributed by atoms with Crippen LogP contribution in [0.5, 0.6) is 5.75 Å². The molecule has 1 unspecified atom stereocenters. The first-order chi connectivity index (χ1) is 8.70. The lowest BCUT2D eigenvalue weighted by Crippen LogP contribution is -2.45. The lowest BCUT2D eigenvalue weighted by atomic mass is 10.1. The number of hydrogen-bond acceptors (Lipinski definition) is 4. The molecule has 1 aliphatic heterocycles. The van der Waals surface area contributed by atoms with Crippen LogP contribution in [0.3, 0.4) is 0 Å². The van der Waals surface area contributed by atoms with Crippen LogP contribution in [0.15, 0.2) is 18.2 Å². The van der Waals surface area contributed by atoms with Gasteiger partial charge in [0.05, 0.1) is 13.2 Å². The highest BCUT2D eigenvalue weighted by atomic mass is 35.5. The van der Waals surface area contributed by atoms with Gasteiger partial charge in [-0.1, -0.05) is 11.6 Å². The molecule has 0 aliphatic carbocycles. The van der Waals surface area contributed by atoms with E-state index in [1.807, 2.05) is 0 Å². The number of hydrogen-bond donors (Lipinski definition) is 2. The van der Waals surface area contributed by atoms with Crippen LogP contribution in [-0.4, -0.2) is 49.8 Å². The van der Waals surface area contributed by atoms with Gasteiger partial charge >= 0.3 is 0 Å². The van der Waals surface area contributed by atoms with Crippen molar-refractivity contribution in [3.05, 3.63) is 28.8 Å². The van der Waals surface area contributed by atoms with Crippen molar-refractivity contribution in [3.63, 3.8) is 0 Å². The van der Waals surface area contributed by atoms with Crippen LogP contribution < -0.4 is 10.1 Å². The second kappa shape index (κ2) is 6.38. The van der Waals surface area contributed by atoms with Crippen LogP contribution in [0.4, 0.5) is 0 Å². The summed E-state index contributed by atoms with van der Waals surface area (Å²) in [5, 5.41) is 14.2. The van der Waals surface area contributed by atoms with E-state index in [2.05, 4.69) is 10.2 Å². The maximum atomic E-state index is 10.3. The Balaban J connectivity index is 2.07. The zero-order valence-electron chi connectivity index (χ0n) is 10.5. The predicted molar refractivity (Wildman–Crippen MR) is 72.3 cm³/mol. The Morgan fingerprint density at radius 2 is 2.17 bits per heavy atom. The lowest BCUT2D eigenvalue weighted by Gasteiger charge is -2.29. The molecule has 100 valence electrons. The van der Waals surface area contributed by atoms with Gasteiger partial charge in [0.25, 0.3) is 0 Å². The number of β-amino-alcohol motifs (C(OH)–C–C–N with tert-alkyl or cyclic N) is 1. The molecule has 0 saturated carbocycles. The SMILES string of the molecule is COc1ccc(Cl)cc1C(O)CN1CCNCC1. The summed E-state index contributed by atoms with van der Waals surface area (Å²) in [7, 11) is 1.60. The van der Waals surface area contributed by atoms with Crippen LogP contribution in [0.2, 0.25) is 5.02 Å². The first-order valence-corrected chi connectivity index (χ1v) is 6.53. The number of nitrogens with one attached hydrogen (secondary N) is 1. The summed E-state index contributed by atoms with van der Waals surface area (Å²) in [6, 6.07) is 5.33. The Hall–Kier alpha value is -0.810. The Kier molecular flexibility index (Phi) is 4.83. The van der Waals surface area contributed by atoms with Crippen molar-refractivity contribution >= 4 is 11.6 Å². The average molecular weight is 271 g/mol. The summed E-state index contributed by atoms with van der Waals surface area (Å²) in [6.07, 6.45) is -0.572. The fourth-order valence-electron chi connectivity index (χ4n) is 2.20. The van der Waals surface area contributed by atoms with Crippen LogP contribution in [0.25, 0.3) is 0 Å². The Morgan fingerprint density at radius 3 is 2.83 bits per heavy atom. The van der Waals surface area contributed by atoms with Gasteiger partial charge in [0, 0.05) is 43.3 Å². The van der Waals surface area contributed by atoms with Crippen molar-refractivity contribution in [1.82, 2.24) is 10.2 Å². The fraction of sp³-hybridized carbons (Fsp3) is 0.538. The van der Waals surface area contributed by atoms with Gasteiger partial charge in [-0.05, 0) is 18.2 Å². The summed E-state index contributed by atoms with van der Waals surface area (Å²) < 4.78 is 5.26. The summed E-state index contributed by atoms with van der Waals surface area (Å²) in [4.78, 5) is 2.24. The van der Waals surface area contributed by atoms with Gasteiger partial charge in [-0.15, -0.1) is 0 Å². The highest BCUT2D eigenvalue weighted by Gasteiger charge is 2.18. The number of halogens is 1. The van der Waals surface area contributed by atoms with Crippen molar-refractivity contribution in [1.29, 1.82) is 0 Å². The molecule has 18 heavy (non-hydrogen) atoms. The highest BCUT2D eigenvalue weighted by Crippen LogP contribution is 2.28. The molecule has 0 spiro atoms. The number of aliphatic hydroxyl groups is 1. The summed E-state index contributed by atoms with van der Waals surface area (Å²) >= 11 is 5.97. The second-order valence-electron chi connectivity index (χ2n) is 4.45. The zero-order valence-corrected chi connectivity index (χ0v) is 11.3. The topological polar surface area (TPSA) is 44.7 Å². The third kappa shape index (κ3) is 3.36. The van der Waals surface area contributed by atoms with E-state index in [1.54, 1.807) is 25.3 Å². The van der Waals surface area contributed by atoms with E-state index in [9.17, 15) is 5.11 Å². The Labute approximate surface area is 113 Å². The van der Waals surface area contributed by atoms with Gasteiger partial charge < -0.3 is 15.2 Å².